The van der Waals surface area contributed by atoms with Crippen LogP contribution < -0.4 is 21.1 Å². The van der Waals surface area contributed by atoms with Crippen LogP contribution in [0.2, 0.25) is 0 Å². The molecule has 1 aromatic carbocycles. The fourth-order valence-electron chi connectivity index (χ4n) is 1.50. The number of carbonyl (C=O) groups excluding carboxylic acids is 1. The number of methoxy groups -OCH3 is 1. The third-order valence-corrected chi connectivity index (χ3v) is 2.57. The normalized spacial score (nSPS) is 11.0. The summed E-state index contributed by atoms with van der Waals surface area (Å²) in [5.41, 5.74) is 6.23. The first-order valence-corrected chi connectivity index (χ1v) is 6.63. The van der Waals surface area contributed by atoms with Crippen LogP contribution in [0.4, 0.5) is 0 Å². The van der Waals surface area contributed by atoms with Crippen LogP contribution in [-0.4, -0.2) is 38.6 Å². The first kappa shape index (κ1) is 15.8. The smallest absolute Gasteiger partial charge is 0.251 e. The maximum absolute atomic E-state index is 11.8. The minimum atomic E-state index is -0.126. The summed E-state index contributed by atoms with van der Waals surface area (Å²) in [6, 6.07) is 6.95. The van der Waals surface area contributed by atoms with Crippen LogP contribution >= 0.6 is 0 Å². The molecule has 1 aromatic rings. The number of hydrogen-bond acceptors (Lipinski definition) is 3. The zero-order valence-electron chi connectivity index (χ0n) is 12.0. The van der Waals surface area contributed by atoms with Gasteiger partial charge in [-0.05, 0) is 30.7 Å². The van der Waals surface area contributed by atoms with Crippen molar-refractivity contribution in [1.82, 2.24) is 10.6 Å². The minimum absolute atomic E-state index is 0.126. The second kappa shape index (κ2) is 8.79. The van der Waals surface area contributed by atoms with Crippen molar-refractivity contribution in [1.29, 1.82) is 0 Å². The van der Waals surface area contributed by atoms with Gasteiger partial charge in [0.15, 0.2) is 5.96 Å². The van der Waals surface area contributed by atoms with E-state index in [1.165, 1.54) is 0 Å². The van der Waals surface area contributed by atoms with Gasteiger partial charge in [-0.25, -0.2) is 0 Å². The number of aliphatic imine (C=N–C) groups is 1. The Kier molecular flexibility index (Phi) is 6.95. The third kappa shape index (κ3) is 5.60. The second-order valence-electron chi connectivity index (χ2n) is 4.18. The van der Waals surface area contributed by atoms with E-state index in [1.807, 2.05) is 6.92 Å². The van der Waals surface area contributed by atoms with E-state index in [2.05, 4.69) is 15.6 Å². The quantitative estimate of drug-likeness (QED) is 0.390. The molecule has 0 radical (unpaired) electrons. The minimum Gasteiger partial charge on any atom is -0.497 e. The highest BCUT2D eigenvalue weighted by atomic mass is 16.5. The molecule has 1 rings (SSSR count). The van der Waals surface area contributed by atoms with Gasteiger partial charge in [-0.1, -0.05) is 6.92 Å². The molecule has 4 N–H and O–H groups in total. The van der Waals surface area contributed by atoms with Crippen LogP contribution in [0.3, 0.4) is 0 Å². The largest absolute Gasteiger partial charge is 0.497 e. The van der Waals surface area contributed by atoms with Gasteiger partial charge in [0.1, 0.15) is 5.75 Å². The third-order valence-electron chi connectivity index (χ3n) is 2.57. The molecule has 0 atom stereocenters. The van der Waals surface area contributed by atoms with E-state index < -0.39 is 0 Å². The van der Waals surface area contributed by atoms with Crippen molar-refractivity contribution in [2.24, 2.45) is 10.7 Å². The molecule has 0 aliphatic heterocycles. The SMILES string of the molecule is CCCN=C(N)NCCNC(=O)c1ccc(OC)cc1. The summed E-state index contributed by atoms with van der Waals surface area (Å²) in [5.74, 6) is 1.01. The molecule has 0 saturated heterocycles. The van der Waals surface area contributed by atoms with E-state index in [4.69, 9.17) is 10.5 Å². The summed E-state index contributed by atoms with van der Waals surface area (Å²) in [4.78, 5) is 15.9. The molecule has 6 nitrogen and oxygen atoms in total. The molecule has 0 aliphatic rings. The molecule has 110 valence electrons. The molecule has 0 aromatic heterocycles. The Morgan fingerprint density at radius 2 is 1.90 bits per heavy atom. The molecular formula is C14H22N4O2. The Labute approximate surface area is 119 Å². The number of ether oxygens (including phenoxy) is 1. The fraction of sp³-hybridized carbons (Fsp3) is 0.429. The average molecular weight is 278 g/mol. The van der Waals surface area contributed by atoms with Gasteiger partial charge in [0.2, 0.25) is 0 Å². The molecule has 0 heterocycles. The molecular weight excluding hydrogens is 256 g/mol. The van der Waals surface area contributed by atoms with E-state index in [9.17, 15) is 4.79 Å². The van der Waals surface area contributed by atoms with Crippen molar-refractivity contribution < 1.29 is 9.53 Å². The lowest BCUT2D eigenvalue weighted by Crippen LogP contribution is -2.38. The lowest BCUT2D eigenvalue weighted by atomic mass is 10.2. The highest BCUT2D eigenvalue weighted by molar-refractivity contribution is 5.94. The van der Waals surface area contributed by atoms with Crippen molar-refractivity contribution in [3.05, 3.63) is 29.8 Å². The molecule has 0 spiro atoms. The molecule has 1 amide bonds. The summed E-state index contributed by atoms with van der Waals surface area (Å²) < 4.78 is 5.04. The van der Waals surface area contributed by atoms with Crippen LogP contribution in [0.25, 0.3) is 0 Å². The Bertz CT molecular complexity index is 443. The molecule has 0 unspecified atom stereocenters. The van der Waals surface area contributed by atoms with Crippen molar-refractivity contribution in [3.8, 4) is 5.75 Å². The van der Waals surface area contributed by atoms with Gasteiger partial charge in [-0.15, -0.1) is 0 Å². The van der Waals surface area contributed by atoms with Crippen molar-refractivity contribution in [2.75, 3.05) is 26.7 Å². The lowest BCUT2D eigenvalue weighted by molar-refractivity contribution is 0.0954. The Balaban J connectivity index is 2.29. The molecule has 0 fully saturated rings. The number of benzene rings is 1. The standard InChI is InChI=1S/C14H22N4O2/c1-3-8-17-14(15)18-10-9-16-13(19)11-4-6-12(20-2)7-5-11/h4-7H,3,8-10H2,1-2H3,(H,16,19)(H3,15,17,18). The Morgan fingerprint density at radius 3 is 2.50 bits per heavy atom. The predicted molar refractivity (Wildman–Crippen MR) is 80.1 cm³/mol. The van der Waals surface area contributed by atoms with Gasteiger partial charge >= 0.3 is 0 Å². The average Bonchev–Trinajstić information content (AvgIpc) is 2.49. The van der Waals surface area contributed by atoms with E-state index in [0.29, 0.717) is 31.2 Å². The first-order chi connectivity index (χ1) is 9.67. The van der Waals surface area contributed by atoms with Crippen molar-refractivity contribution in [3.63, 3.8) is 0 Å². The van der Waals surface area contributed by atoms with Gasteiger partial charge in [-0.3, -0.25) is 9.79 Å². The van der Waals surface area contributed by atoms with E-state index in [-0.39, 0.29) is 5.91 Å². The topological polar surface area (TPSA) is 88.7 Å². The second-order valence-corrected chi connectivity index (χ2v) is 4.18. The van der Waals surface area contributed by atoms with E-state index in [1.54, 1.807) is 31.4 Å². The summed E-state index contributed by atoms with van der Waals surface area (Å²) in [5, 5.41) is 5.73. The van der Waals surface area contributed by atoms with Crippen LogP contribution in [0, 0.1) is 0 Å². The number of carbonyl (C=O) groups is 1. The van der Waals surface area contributed by atoms with Gasteiger partial charge in [0.25, 0.3) is 5.91 Å². The molecule has 6 heteroatoms. The maximum atomic E-state index is 11.8. The maximum Gasteiger partial charge on any atom is 0.251 e. The number of nitrogens with zero attached hydrogens (tertiary/aromatic N) is 1. The van der Waals surface area contributed by atoms with Crippen LogP contribution in [0.1, 0.15) is 23.7 Å². The highest BCUT2D eigenvalue weighted by Gasteiger charge is 2.04. The molecule has 20 heavy (non-hydrogen) atoms. The number of nitrogens with one attached hydrogen (secondary N) is 2. The summed E-state index contributed by atoms with van der Waals surface area (Å²) in [7, 11) is 1.59. The molecule has 0 saturated carbocycles. The van der Waals surface area contributed by atoms with Gasteiger partial charge in [-0.2, -0.15) is 0 Å². The van der Waals surface area contributed by atoms with Crippen molar-refractivity contribution in [2.45, 2.75) is 13.3 Å². The Morgan fingerprint density at radius 1 is 1.25 bits per heavy atom. The summed E-state index contributed by atoms with van der Waals surface area (Å²) >= 11 is 0. The number of nitrogens with two attached hydrogens (primary N) is 1. The highest BCUT2D eigenvalue weighted by Crippen LogP contribution is 2.10. The first-order valence-electron chi connectivity index (χ1n) is 6.63. The predicted octanol–water partition coefficient (Wildman–Crippen LogP) is 0.739. The van der Waals surface area contributed by atoms with Crippen LogP contribution in [-0.2, 0) is 0 Å². The monoisotopic (exact) mass is 278 g/mol. The fourth-order valence-corrected chi connectivity index (χ4v) is 1.50. The number of hydrogen-bond donors (Lipinski definition) is 3. The lowest BCUT2D eigenvalue weighted by Gasteiger charge is -2.08. The summed E-state index contributed by atoms with van der Waals surface area (Å²) in [6.07, 6.45) is 0.955. The zero-order valence-corrected chi connectivity index (χ0v) is 12.0. The van der Waals surface area contributed by atoms with Gasteiger partial charge in [0, 0.05) is 25.2 Å². The Hall–Kier alpha value is -2.24. The summed E-state index contributed by atoms with van der Waals surface area (Å²) in [6.45, 7) is 3.76. The van der Waals surface area contributed by atoms with Crippen LogP contribution in [0.5, 0.6) is 5.75 Å². The molecule has 0 aliphatic carbocycles. The van der Waals surface area contributed by atoms with E-state index >= 15 is 0 Å². The van der Waals surface area contributed by atoms with Crippen molar-refractivity contribution >= 4 is 11.9 Å². The van der Waals surface area contributed by atoms with Gasteiger partial charge < -0.3 is 21.1 Å². The van der Waals surface area contributed by atoms with Crippen LogP contribution in [0.15, 0.2) is 29.3 Å². The van der Waals surface area contributed by atoms with Gasteiger partial charge in [0.05, 0.1) is 7.11 Å². The zero-order chi connectivity index (χ0) is 14.8. The molecule has 0 bridgehead atoms. The number of rotatable bonds is 7. The number of guanidine groups is 1. The van der Waals surface area contributed by atoms with E-state index in [0.717, 1.165) is 12.2 Å². The number of amides is 1.